The van der Waals surface area contributed by atoms with Crippen LogP contribution in [-0.2, 0) is 21.4 Å². The van der Waals surface area contributed by atoms with Gasteiger partial charge in [-0.25, -0.2) is 13.4 Å². The highest BCUT2D eigenvalue weighted by Crippen LogP contribution is 2.21. The highest BCUT2D eigenvalue weighted by atomic mass is 32.2. The first-order valence-corrected chi connectivity index (χ1v) is 12.9. The predicted octanol–water partition coefficient (Wildman–Crippen LogP) is 2.61. The second-order valence-corrected chi connectivity index (χ2v) is 10.1. The van der Waals surface area contributed by atoms with Crippen LogP contribution in [-0.4, -0.2) is 59.3 Å². The van der Waals surface area contributed by atoms with Crippen LogP contribution in [0.1, 0.15) is 18.3 Å². The predicted molar refractivity (Wildman–Crippen MR) is 127 cm³/mol. The summed E-state index contributed by atoms with van der Waals surface area (Å²) in [5.41, 5.74) is 0.787. The quantitative estimate of drug-likeness (QED) is 0.297. The largest absolute Gasteiger partial charge is 0.494 e. The maximum absolute atomic E-state index is 13.3. The van der Waals surface area contributed by atoms with Crippen LogP contribution in [0.25, 0.3) is 0 Å². The fraction of sp³-hybridized carbons (Fsp3) is 0.318. The number of nitrogens with zero attached hydrogens (tertiary/aromatic N) is 3. The van der Waals surface area contributed by atoms with Crippen LogP contribution in [0.3, 0.4) is 0 Å². The van der Waals surface area contributed by atoms with E-state index in [1.165, 1.54) is 28.2 Å². The van der Waals surface area contributed by atoms with Crippen molar-refractivity contribution < 1.29 is 17.9 Å². The number of rotatable bonds is 12. The fourth-order valence-electron chi connectivity index (χ4n) is 2.97. The van der Waals surface area contributed by atoms with Crippen molar-refractivity contribution in [3.05, 3.63) is 66.0 Å². The number of hydrogen-bond donors (Lipinski definition) is 2. The Balaban J connectivity index is 1.67. The molecule has 1 heterocycles. The van der Waals surface area contributed by atoms with Gasteiger partial charge in [-0.2, -0.15) is 4.31 Å². The first-order valence-electron chi connectivity index (χ1n) is 10.4. The molecule has 0 spiro atoms. The van der Waals surface area contributed by atoms with E-state index in [-0.39, 0.29) is 23.9 Å². The van der Waals surface area contributed by atoms with Gasteiger partial charge in [-0.1, -0.05) is 42.1 Å². The van der Waals surface area contributed by atoms with Gasteiger partial charge in [-0.15, -0.1) is 5.10 Å². The third kappa shape index (κ3) is 7.31. The van der Waals surface area contributed by atoms with E-state index in [4.69, 9.17) is 4.74 Å². The molecule has 2 aromatic carbocycles. The number of aromatic nitrogens is 3. The van der Waals surface area contributed by atoms with Crippen LogP contribution < -0.4 is 10.1 Å². The molecule has 0 fully saturated rings. The molecule has 0 saturated carbocycles. The zero-order chi connectivity index (χ0) is 23.7. The summed E-state index contributed by atoms with van der Waals surface area (Å²) >= 11 is 1.40. The molecule has 0 saturated heterocycles. The van der Waals surface area contributed by atoms with Gasteiger partial charge in [0.05, 0.1) is 18.0 Å². The SMILES string of the molecule is CCOc1ccc(S(=O)(=O)N(CC(=O)NCCSc2n[nH]c(C)n2)Cc2ccccc2)cc1. The van der Waals surface area contributed by atoms with Crippen LogP contribution in [0, 0.1) is 6.92 Å². The van der Waals surface area contributed by atoms with Crippen molar-refractivity contribution in [3.63, 3.8) is 0 Å². The highest BCUT2D eigenvalue weighted by molar-refractivity contribution is 7.99. The smallest absolute Gasteiger partial charge is 0.243 e. The summed E-state index contributed by atoms with van der Waals surface area (Å²) < 4.78 is 33.3. The number of sulfonamides is 1. The van der Waals surface area contributed by atoms with Gasteiger partial charge in [0, 0.05) is 18.8 Å². The van der Waals surface area contributed by atoms with E-state index < -0.39 is 10.0 Å². The lowest BCUT2D eigenvalue weighted by molar-refractivity contribution is -0.121. The van der Waals surface area contributed by atoms with Crippen molar-refractivity contribution in [1.82, 2.24) is 24.8 Å². The van der Waals surface area contributed by atoms with Crippen LogP contribution >= 0.6 is 11.8 Å². The average Bonchev–Trinajstić information content (AvgIpc) is 3.22. The zero-order valence-electron chi connectivity index (χ0n) is 18.5. The minimum Gasteiger partial charge on any atom is -0.494 e. The molecule has 0 radical (unpaired) electrons. The first kappa shape index (κ1) is 24.7. The molecule has 176 valence electrons. The molecule has 9 nitrogen and oxygen atoms in total. The van der Waals surface area contributed by atoms with Gasteiger partial charge < -0.3 is 10.1 Å². The van der Waals surface area contributed by atoms with Gasteiger partial charge in [-0.05, 0) is 43.7 Å². The lowest BCUT2D eigenvalue weighted by atomic mass is 10.2. The van der Waals surface area contributed by atoms with Gasteiger partial charge in [0.25, 0.3) is 0 Å². The molecular formula is C22H27N5O4S2. The number of thioether (sulfide) groups is 1. The summed E-state index contributed by atoms with van der Waals surface area (Å²) in [6.45, 7) is 4.30. The topological polar surface area (TPSA) is 117 Å². The van der Waals surface area contributed by atoms with Crippen molar-refractivity contribution in [3.8, 4) is 5.75 Å². The monoisotopic (exact) mass is 489 g/mol. The Morgan fingerprint density at radius 3 is 2.52 bits per heavy atom. The van der Waals surface area contributed by atoms with Gasteiger partial charge >= 0.3 is 0 Å². The molecule has 0 unspecified atom stereocenters. The van der Waals surface area contributed by atoms with Crippen LogP contribution in [0.4, 0.5) is 0 Å². The minimum atomic E-state index is -3.91. The molecule has 2 N–H and O–H groups in total. The van der Waals surface area contributed by atoms with Gasteiger partial charge in [0.1, 0.15) is 11.6 Å². The number of carbonyl (C=O) groups excluding carboxylic acids is 1. The zero-order valence-corrected chi connectivity index (χ0v) is 20.2. The van der Waals surface area contributed by atoms with Crippen molar-refractivity contribution in [2.75, 3.05) is 25.4 Å². The normalized spacial score (nSPS) is 11.5. The summed E-state index contributed by atoms with van der Waals surface area (Å²) in [4.78, 5) is 16.9. The lowest BCUT2D eigenvalue weighted by Gasteiger charge is -2.22. The van der Waals surface area contributed by atoms with E-state index >= 15 is 0 Å². The number of ether oxygens (including phenoxy) is 1. The van der Waals surface area contributed by atoms with Crippen molar-refractivity contribution in [2.24, 2.45) is 0 Å². The lowest BCUT2D eigenvalue weighted by Crippen LogP contribution is -2.40. The number of nitrogens with one attached hydrogen (secondary N) is 2. The Morgan fingerprint density at radius 2 is 1.88 bits per heavy atom. The van der Waals surface area contributed by atoms with Gasteiger partial charge in [-0.3, -0.25) is 9.89 Å². The molecule has 1 amide bonds. The third-order valence-corrected chi connectivity index (χ3v) is 7.18. The molecule has 1 aromatic heterocycles. The average molecular weight is 490 g/mol. The Bertz CT molecular complexity index is 1140. The molecule has 3 aromatic rings. The van der Waals surface area contributed by atoms with Crippen LogP contribution in [0.5, 0.6) is 5.75 Å². The second kappa shape index (κ2) is 11.8. The van der Waals surface area contributed by atoms with E-state index in [0.717, 1.165) is 11.4 Å². The summed E-state index contributed by atoms with van der Waals surface area (Å²) in [6, 6.07) is 15.4. The van der Waals surface area contributed by atoms with Crippen molar-refractivity contribution in [2.45, 2.75) is 30.4 Å². The Kier molecular flexibility index (Phi) is 8.87. The van der Waals surface area contributed by atoms with E-state index in [0.29, 0.717) is 29.8 Å². The molecular weight excluding hydrogens is 462 g/mol. The molecule has 11 heteroatoms. The van der Waals surface area contributed by atoms with Gasteiger partial charge in [0.15, 0.2) is 0 Å². The van der Waals surface area contributed by atoms with Gasteiger partial charge in [0.2, 0.25) is 21.1 Å². The first-order chi connectivity index (χ1) is 15.9. The van der Waals surface area contributed by atoms with Crippen molar-refractivity contribution in [1.29, 1.82) is 0 Å². The maximum atomic E-state index is 13.3. The number of aryl methyl sites for hydroxylation is 1. The summed E-state index contributed by atoms with van der Waals surface area (Å²) in [5.74, 6) is 1.49. The van der Waals surface area contributed by atoms with Crippen LogP contribution in [0.15, 0.2) is 64.6 Å². The molecule has 0 aliphatic carbocycles. The second-order valence-electron chi connectivity index (χ2n) is 7.06. The third-order valence-electron chi connectivity index (χ3n) is 4.53. The molecule has 0 atom stereocenters. The number of H-pyrrole nitrogens is 1. The fourth-order valence-corrected chi connectivity index (χ4v) is 5.05. The minimum absolute atomic E-state index is 0.0784. The molecule has 0 aliphatic rings. The highest BCUT2D eigenvalue weighted by Gasteiger charge is 2.27. The van der Waals surface area contributed by atoms with E-state index in [2.05, 4.69) is 20.5 Å². The number of carbonyl (C=O) groups is 1. The summed E-state index contributed by atoms with van der Waals surface area (Å²) in [5, 5.41) is 10.2. The molecule has 0 aliphatic heterocycles. The molecule has 0 bridgehead atoms. The van der Waals surface area contributed by atoms with Crippen LogP contribution in [0.2, 0.25) is 0 Å². The number of aromatic amines is 1. The van der Waals surface area contributed by atoms with E-state index in [9.17, 15) is 13.2 Å². The number of benzene rings is 2. The van der Waals surface area contributed by atoms with E-state index in [1.807, 2.05) is 44.2 Å². The molecule has 3 rings (SSSR count). The summed E-state index contributed by atoms with van der Waals surface area (Å²) in [7, 11) is -3.91. The molecule has 33 heavy (non-hydrogen) atoms. The number of amides is 1. The standard InChI is InChI=1S/C22H27N5O4S2/c1-3-31-19-9-11-20(12-10-19)33(29,30)27(15-18-7-5-4-6-8-18)16-21(28)23-13-14-32-22-24-17(2)25-26-22/h4-12H,3,13-16H2,1-2H3,(H,23,28)(H,24,25,26). The maximum Gasteiger partial charge on any atom is 0.243 e. The van der Waals surface area contributed by atoms with E-state index in [1.54, 1.807) is 12.1 Å². The van der Waals surface area contributed by atoms with Crippen molar-refractivity contribution >= 4 is 27.7 Å². The Hall–Kier alpha value is -2.89. The summed E-state index contributed by atoms with van der Waals surface area (Å²) in [6.07, 6.45) is 0. The Morgan fingerprint density at radius 1 is 1.15 bits per heavy atom. The number of hydrogen-bond acceptors (Lipinski definition) is 7. The Labute approximate surface area is 198 Å².